The van der Waals surface area contributed by atoms with Gasteiger partial charge in [0.1, 0.15) is 0 Å². The van der Waals surface area contributed by atoms with Crippen LogP contribution in [0.4, 0.5) is 0 Å². The quantitative estimate of drug-likeness (QED) is 0.766. The molecule has 1 aliphatic heterocycles. The Kier molecular flexibility index (Phi) is 5.17. The van der Waals surface area contributed by atoms with Crippen molar-refractivity contribution in [2.45, 2.75) is 44.7 Å². The lowest BCUT2D eigenvalue weighted by Crippen LogP contribution is -2.43. The first kappa shape index (κ1) is 18.1. The number of likely N-dealkylation sites (tertiary alicyclic amines) is 1. The number of hydrogen-bond acceptors (Lipinski definition) is 4. The first-order chi connectivity index (χ1) is 12.5. The Morgan fingerprint density at radius 1 is 1.31 bits per heavy atom. The number of hydrogen-bond donors (Lipinski definition) is 1. The van der Waals surface area contributed by atoms with E-state index in [1.54, 1.807) is 11.3 Å². The van der Waals surface area contributed by atoms with Crippen molar-refractivity contribution in [1.82, 2.24) is 15.2 Å². The zero-order valence-corrected chi connectivity index (χ0v) is 17.4. The largest absolute Gasteiger partial charge is 0.346 e. The molecule has 0 spiro atoms. The fourth-order valence-electron chi connectivity index (χ4n) is 3.78. The standard InChI is InChI=1S/C20H24BrN3OS/c1-14-22-18(13-26-14)12-24-10-6-15(7-11-24)19(25)23-20(8-9-20)16-2-4-17(21)5-3-16/h2-5,13,15H,6-12H2,1H3,(H,23,25). The second kappa shape index (κ2) is 7.41. The normalized spacial score (nSPS) is 20.1. The molecule has 1 saturated heterocycles. The Labute approximate surface area is 167 Å². The first-order valence-electron chi connectivity index (χ1n) is 9.25. The van der Waals surface area contributed by atoms with Gasteiger partial charge < -0.3 is 5.32 Å². The number of thiazole rings is 1. The molecule has 0 atom stereocenters. The van der Waals surface area contributed by atoms with Gasteiger partial charge in [0, 0.05) is 22.3 Å². The number of nitrogens with one attached hydrogen (secondary N) is 1. The molecule has 0 radical (unpaired) electrons. The minimum absolute atomic E-state index is 0.118. The maximum atomic E-state index is 12.8. The molecule has 1 aromatic heterocycles. The van der Waals surface area contributed by atoms with Crippen molar-refractivity contribution in [1.29, 1.82) is 0 Å². The average molecular weight is 434 g/mol. The van der Waals surface area contributed by atoms with E-state index in [-0.39, 0.29) is 17.4 Å². The maximum absolute atomic E-state index is 12.8. The van der Waals surface area contributed by atoms with Crippen LogP contribution < -0.4 is 5.32 Å². The molecule has 1 amide bonds. The Morgan fingerprint density at radius 2 is 2.00 bits per heavy atom. The summed E-state index contributed by atoms with van der Waals surface area (Å²) in [4.78, 5) is 19.8. The van der Waals surface area contributed by atoms with Crippen molar-refractivity contribution in [2.24, 2.45) is 5.92 Å². The molecule has 0 unspecified atom stereocenters. The van der Waals surface area contributed by atoms with E-state index in [9.17, 15) is 4.79 Å². The van der Waals surface area contributed by atoms with E-state index in [4.69, 9.17) is 0 Å². The molecule has 0 bridgehead atoms. The summed E-state index contributed by atoms with van der Waals surface area (Å²) in [6.45, 7) is 4.89. The SMILES string of the molecule is Cc1nc(CN2CCC(C(=O)NC3(c4ccc(Br)cc4)CC3)CC2)cs1. The van der Waals surface area contributed by atoms with Crippen molar-refractivity contribution in [3.05, 3.63) is 50.4 Å². The molecule has 2 aliphatic rings. The zero-order valence-electron chi connectivity index (χ0n) is 15.0. The van der Waals surface area contributed by atoms with Crippen molar-refractivity contribution in [3.63, 3.8) is 0 Å². The molecule has 2 heterocycles. The van der Waals surface area contributed by atoms with Gasteiger partial charge in [-0.05, 0) is 63.4 Å². The summed E-state index contributed by atoms with van der Waals surface area (Å²) >= 11 is 5.19. The molecule has 26 heavy (non-hydrogen) atoms. The summed E-state index contributed by atoms with van der Waals surface area (Å²) < 4.78 is 1.08. The van der Waals surface area contributed by atoms with Crippen LogP contribution in [0.15, 0.2) is 34.1 Å². The van der Waals surface area contributed by atoms with Gasteiger partial charge in [0.15, 0.2) is 0 Å². The highest BCUT2D eigenvalue weighted by Gasteiger charge is 2.46. The van der Waals surface area contributed by atoms with Gasteiger partial charge in [0.2, 0.25) is 5.91 Å². The lowest BCUT2D eigenvalue weighted by atomic mass is 9.94. The predicted octanol–water partition coefficient (Wildman–Crippen LogP) is 4.23. The third kappa shape index (κ3) is 4.02. The Balaban J connectivity index is 1.30. The molecule has 1 saturated carbocycles. The number of carbonyl (C=O) groups is 1. The van der Waals surface area contributed by atoms with Gasteiger partial charge in [-0.2, -0.15) is 0 Å². The lowest BCUT2D eigenvalue weighted by Gasteiger charge is -2.32. The van der Waals surface area contributed by atoms with Gasteiger partial charge in [-0.15, -0.1) is 11.3 Å². The van der Waals surface area contributed by atoms with Crippen molar-refractivity contribution < 1.29 is 4.79 Å². The fraction of sp³-hybridized carbons (Fsp3) is 0.500. The minimum Gasteiger partial charge on any atom is -0.346 e. The molecule has 2 fully saturated rings. The molecule has 2 aromatic rings. The van der Waals surface area contributed by atoms with E-state index < -0.39 is 0 Å². The van der Waals surface area contributed by atoms with E-state index in [1.165, 1.54) is 5.56 Å². The second-order valence-electron chi connectivity index (χ2n) is 7.49. The summed E-state index contributed by atoms with van der Waals surface area (Å²) in [6, 6.07) is 8.35. The second-order valence-corrected chi connectivity index (χ2v) is 9.46. The topological polar surface area (TPSA) is 45.2 Å². The summed E-state index contributed by atoms with van der Waals surface area (Å²) in [5.74, 6) is 0.367. The van der Waals surface area contributed by atoms with Crippen LogP contribution in [0, 0.1) is 12.8 Å². The van der Waals surface area contributed by atoms with Gasteiger partial charge >= 0.3 is 0 Å². The number of nitrogens with zero attached hydrogens (tertiary/aromatic N) is 2. The summed E-state index contributed by atoms with van der Waals surface area (Å²) in [7, 11) is 0. The summed E-state index contributed by atoms with van der Waals surface area (Å²) in [5, 5.41) is 6.62. The molecular weight excluding hydrogens is 410 g/mol. The zero-order chi connectivity index (χ0) is 18.1. The number of rotatable bonds is 5. The average Bonchev–Trinajstić information content (AvgIpc) is 3.30. The van der Waals surface area contributed by atoms with Crippen molar-refractivity contribution in [3.8, 4) is 0 Å². The van der Waals surface area contributed by atoms with E-state index in [2.05, 4.69) is 60.8 Å². The Morgan fingerprint density at radius 3 is 2.58 bits per heavy atom. The summed E-state index contributed by atoms with van der Waals surface area (Å²) in [6.07, 6.45) is 3.96. The van der Waals surface area contributed by atoms with Gasteiger partial charge in [0.25, 0.3) is 0 Å². The molecule has 1 aliphatic carbocycles. The highest BCUT2D eigenvalue weighted by molar-refractivity contribution is 9.10. The summed E-state index contributed by atoms with van der Waals surface area (Å²) in [5.41, 5.74) is 2.26. The number of benzene rings is 1. The molecule has 138 valence electrons. The minimum atomic E-state index is -0.118. The van der Waals surface area contributed by atoms with E-state index >= 15 is 0 Å². The number of aryl methyl sites for hydroxylation is 1. The number of piperidine rings is 1. The van der Waals surface area contributed by atoms with Gasteiger partial charge in [-0.25, -0.2) is 4.98 Å². The van der Waals surface area contributed by atoms with Gasteiger partial charge in [0.05, 0.1) is 16.2 Å². The van der Waals surface area contributed by atoms with Crippen LogP contribution in [0.3, 0.4) is 0 Å². The van der Waals surface area contributed by atoms with Crippen LogP contribution in [0.1, 0.15) is 41.9 Å². The highest BCUT2D eigenvalue weighted by atomic mass is 79.9. The van der Waals surface area contributed by atoms with Gasteiger partial charge in [-0.3, -0.25) is 9.69 Å². The van der Waals surface area contributed by atoms with E-state index in [1.807, 2.05) is 6.92 Å². The molecule has 1 N–H and O–H groups in total. The predicted molar refractivity (Wildman–Crippen MR) is 108 cm³/mol. The maximum Gasteiger partial charge on any atom is 0.223 e. The van der Waals surface area contributed by atoms with Crippen LogP contribution >= 0.6 is 27.3 Å². The van der Waals surface area contributed by atoms with Crippen molar-refractivity contribution >= 4 is 33.2 Å². The number of aromatic nitrogens is 1. The number of amides is 1. The molecular formula is C20H24BrN3OS. The van der Waals surface area contributed by atoms with E-state index in [0.29, 0.717) is 0 Å². The Bertz CT molecular complexity index is 777. The third-order valence-corrected chi connectivity index (χ3v) is 6.87. The van der Waals surface area contributed by atoms with Crippen molar-refractivity contribution in [2.75, 3.05) is 13.1 Å². The molecule has 1 aromatic carbocycles. The van der Waals surface area contributed by atoms with E-state index in [0.717, 1.165) is 60.5 Å². The molecule has 4 nitrogen and oxygen atoms in total. The molecule has 4 rings (SSSR count). The van der Waals surface area contributed by atoms with Gasteiger partial charge in [-0.1, -0.05) is 28.1 Å². The number of halogens is 1. The first-order valence-corrected chi connectivity index (χ1v) is 10.9. The highest BCUT2D eigenvalue weighted by Crippen LogP contribution is 2.46. The van der Waals surface area contributed by atoms with Crippen LogP contribution in [-0.4, -0.2) is 28.9 Å². The lowest BCUT2D eigenvalue weighted by molar-refractivity contribution is -0.127. The third-order valence-electron chi connectivity index (χ3n) is 5.52. The van der Waals surface area contributed by atoms with Crippen LogP contribution in [-0.2, 0) is 16.9 Å². The fourth-order valence-corrected chi connectivity index (χ4v) is 4.65. The smallest absolute Gasteiger partial charge is 0.223 e. The molecule has 6 heteroatoms. The monoisotopic (exact) mass is 433 g/mol. The number of carbonyl (C=O) groups excluding carboxylic acids is 1. The van der Waals surface area contributed by atoms with Crippen LogP contribution in [0.25, 0.3) is 0 Å². The Hall–Kier alpha value is -1.24. The van der Waals surface area contributed by atoms with Crippen LogP contribution in [0.5, 0.6) is 0 Å². The van der Waals surface area contributed by atoms with Crippen LogP contribution in [0.2, 0.25) is 0 Å².